The zero-order valence-electron chi connectivity index (χ0n) is 13.0. The van der Waals surface area contributed by atoms with E-state index in [0.29, 0.717) is 0 Å². The average Bonchev–Trinajstić information content (AvgIpc) is 2.43. The first-order valence-electron chi connectivity index (χ1n) is 7.88. The molecule has 2 N–H and O–H groups in total. The summed E-state index contributed by atoms with van der Waals surface area (Å²) in [7, 11) is 0. The van der Waals surface area contributed by atoms with Crippen LogP contribution in [0.15, 0.2) is 24.3 Å². The largest absolute Gasteiger partial charge is 0.478 e. The Kier molecular flexibility index (Phi) is 12.4. The molecule has 0 aromatic carbocycles. The molecule has 4 heteroatoms. The van der Waals surface area contributed by atoms with Crippen molar-refractivity contribution in [3.63, 3.8) is 0 Å². The highest BCUT2D eigenvalue weighted by Gasteiger charge is 2.03. The number of unbranched alkanes of at least 4 members (excludes halogenated alkanes) is 7. The van der Waals surface area contributed by atoms with Gasteiger partial charge in [0, 0.05) is 12.2 Å². The molecule has 0 aliphatic carbocycles. The molecule has 0 saturated heterocycles. The lowest BCUT2D eigenvalue weighted by Gasteiger charge is -2.07. The predicted molar refractivity (Wildman–Crippen MR) is 84.3 cm³/mol. The molecule has 120 valence electrons. The molecule has 0 fully saturated rings. The van der Waals surface area contributed by atoms with Crippen LogP contribution in [0, 0.1) is 5.92 Å². The number of aliphatic carboxylic acids is 2. The number of allylic oxidation sites excluding steroid dienone is 2. The maximum absolute atomic E-state index is 10.5. The molecule has 0 aliphatic rings. The Bertz CT molecular complexity index is 321. The van der Waals surface area contributed by atoms with E-state index in [2.05, 4.69) is 6.92 Å². The van der Waals surface area contributed by atoms with E-state index in [1.165, 1.54) is 38.5 Å². The summed E-state index contributed by atoms with van der Waals surface area (Å²) >= 11 is 0. The van der Waals surface area contributed by atoms with Crippen molar-refractivity contribution in [1.82, 2.24) is 0 Å². The number of carboxylic acid groups (broad SMARTS) is 2. The van der Waals surface area contributed by atoms with E-state index < -0.39 is 11.9 Å². The van der Waals surface area contributed by atoms with Crippen LogP contribution in [-0.2, 0) is 9.59 Å². The van der Waals surface area contributed by atoms with Gasteiger partial charge in [0.2, 0.25) is 0 Å². The summed E-state index contributed by atoms with van der Waals surface area (Å²) < 4.78 is 0. The van der Waals surface area contributed by atoms with Crippen molar-refractivity contribution >= 4 is 11.9 Å². The quantitative estimate of drug-likeness (QED) is 0.390. The minimum Gasteiger partial charge on any atom is -0.478 e. The van der Waals surface area contributed by atoms with Crippen LogP contribution in [-0.4, -0.2) is 22.2 Å². The van der Waals surface area contributed by atoms with Crippen LogP contribution in [0.5, 0.6) is 0 Å². The lowest BCUT2D eigenvalue weighted by Crippen LogP contribution is -1.97. The van der Waals surface area contributed by atoms with Gasteiger partial charge in [-0.25, -0.2) is 9.59 Å². The van der Waals surface area contributed by atoms with E-state index in [1.54, 1.807) is 12.2 Å². The SMILES string of the molecule is CCCCCCCCCCC(C=CC(=O)O)C=CC(=O)O. The van der Waals surface area contributed by atoms with Crippen molar-refractivity contribution in [3.8, 4) is 0 Å². The van der Waals surface area contributed by atoms with Gasteiger partial charge in [0.1, 0.15) is 0 Å². The standard InChI is InChI=1S/C17H28O4/c1-2-3-4-5-6-7-8-9-10-15(11-13-16(18)19)12-14-17(20)21/h11-15H,2-10H2,1H3,(H,18,19)(H,20,21). The molecule has 0 unspecified atom stereocenters. The molecule has 21 heavy (non-hydrogen) atoms. The van der Waals surface area contributed by atoms with E-state index in [9.17, 15) is 9.59 Å². The maximum Gasteiger partial charge on any atom is 0.327 e. The van der Waals surface area contributed by atoms with Crippen molar-refractivity contribution < 1.29 is 19.8 Å². The zero-order valence-corrected chi connectivity index (χ0v) is 13.0. The molecular formula is C17H28O4. The second-order valence-corrected chi connectivity index (χ2v) is 5.32. The Labute approximate surface area is 127 Å². The summed E-state index contributed by atoms with van der Waals surface area (Å²) in [6.45, 7) is 2.20. The molecule has 0 rings (SSSR count). The van der Waals surface area contributed by atoms with Crippen LogP contribution in [0.1, 0.15) is 64.7 Å². The molecule has 0 bridgehead atoms. The molecular weight excluding hydrogens is 268 g/mol. The molecule has 0 saturated carbocycles. The predicted octanol–water partition coefficient (Wildman–Crippen LogP) is 4.42. The van der Waals surface area contributed by atoms with Crippen LogP contribution >= 0.6 is 0 Å². The summed E-state index contributed by atoms with van der Waals surface area (Å²) in [6, 6.07) is 0. The molecule has 0 aromatic heterocycles. The van der Waals surface area contributed by atoms with E-state index in [0.717, 1.165) is 31.4 Å². The fourth-order valence-electron chi connectivity index (χ4n) is 2.18. The van der Waals surface area contributed by atoms with Gasteiger partial charge in [0.05, 0.1) is 0 Å². The van der Waals surface area contributed by atoms with Gasteiger partial charge < -0.3 is 10.2 Å². The Morgan fingerprint density at radius 1 is 0.810 bits per heavy atom. The third kappa shape index (κ3) is 14.6. The van der Waals surface area contributed by atoms with Gasteiger partial charge in [-0.05, 0) is 12.3 Å². The normalized spacial score (nSPS) is 13.0. The number of hydrogen-bond donors (Lipinski definition) is 2. The number of rotatable bonds is 13. The van der Waals surface area contributed by atoms with Crippen molar-refractivity contribution in [1.29, 1.82) is 0 Å². The summed E-state index contributed by atoms with van der Waals surface area (Å²) in [5.74, 6) is -2.11. The van der Waals surface area contributed by atoms with Crippen LogP contribution < -0.4 is 0 Å². The number of carboxylic acids is 2. The molecule has 0 atom stereocenters. The molecule has 0 aromatic rings. The van der Waals surface area contributed by atoms with Gasteiger partial charge in [-0.2, -0.15) is 0 Å². The van der Waals surface area contributed by atoms with Gasteiger partial charge in [-0.3, -0.25) is 0 Å². The second-order valence-electron chi connectivity index (χ2n) is 5.32. The molecule has 4 nitrogen and oxygen atoms in total. The highest BCUT2D eigenvalue weighted by Crippen LogP contribution is 2.15. The first kappa shape index (κ1) is 19.4. The monoisotopic (exact) mass is 296 g/mol. The fraction of sp³-hybridized carbons (Fsp3) is 0.647. The molecule has 0 spiro atoms. The van der Waals surface area contributed by atoms with E-state index >= 15 is 0 Å². The summed E-state index contributed by atoms with van der Waals surface area (Å²) in [5.41, 5.74) is 0. The zero-order chi connectivity index (χ0) is 15.9. The highest BCUT2D eigenvalue weighted by atomic mass is 16.4. The van der Waals surface area contributed by atoms with Gasteiger partial charge >= 0.3 is 11.9 Å². The molecule has 0 radical (unpaired) electrons. The van der Waals surface area contributed by atoms with E-state index in [1.807, 2.05) is 0 Å². The summed E-state index contributed by atoms with van der Waals surface area (Å²) in [4.78, 5) is 21.0. The molecule has 0 amide bonds. The number of hydrogen-bond acceptors (Lipinski definition) is 2. The van der Waals surface area contributed by atoms with Crippen LogP contribution in [0.4, 0.5) is 0 Å². The van der Waals surface area contributed by atoms with Crippen LogP contribution in [0.3, 0.4) is 0 Å². The minimum atomic E-state index is -1.00. The van der Waals surface area contributed by atoms with Gasteiger partial charge in [-0.15, -0.1) is 0 Å². The second kappa shape index (κ2) is 13.4. The Morgan fingerprint density at radius 2 is 1.24 bits per heavy atom. The van der Waals surface area contributed by atoms with Gasteiger partial charge in [0.15, 0.2) is 0 Å². The third-order valence-corrected chi connectivity index (χ3v) is 3.36. The fourth-order valence-corrected chi connectivity index (χ4v) is 2.18. The van der Waals surface area contributed by atoms with Crippen molar-refractivity contribution in [2.24, 2.45) is 5.92 Å². The Morgan fingerprint density at radius 3 is 1.67 bits per heavy atom. The van der Waals surface area contributed by atoms with Crippen molar-refractivity contribution in [2.75, 3.05) is 0 Å². The lowest BCUT2D eigenvalue weighted by molar-refractivity contribution is -0.132. The molecule has 0 aliphatic heterocycles. The van der Waals surface area contributed by atoms with Gasteiger partial charge in [-0.1, -0.05) is 70.4 Å². The first-order chi connectivity index (χ1) is 10.1. The van der Waals surface area contributed by atoms with Crippen molar-refractivity contribution in [2.45, 2.75) is 64.7 Å². The topological polar surface area (TPSA) is 74.6 Å². The van der Waals surface area contributed by atoms with E-state index in [4.69, 9.17) is 10.2 Å². The maximum atomic E-state index is 10.5. The third-order valence-electron chi connectivity index (χ3n) is 3.36. The summed E-state index contributed by atoms with van der Waals surface area (Å²) in [5, 5.41) is 17.2. The Balaban J connectivity index is 3.90. The molecule has 0 heterocycles. The number of carbonyl (C=O) groups is 2. The Hall–Kier alpha value is -1.58. The van der Waals surface area contributed by atoms with Gasteiger partial charge in [0.25, 0.3) is 0 Å². The minimum absolute atomic E-state index is 0.114. The van der Waals surface area contributed by atoms with Crippen molar-refractivity contribution in [3.05, 3.63) is 24.3 Å². The van der Waals surface area contributed by atoms with Crippen LogP contribution in [0.2, 0.25) is 0 Å². The first-order valence-corrected chi connectivity index (χ1v) is 7.88. The van der Waals surface area contributed by atoms with E-state index in [-0.39, 0.29) is 5.92 Å². The average molecular weight is 296 g/mol. The highest BCUT2D eigenvalue weighted by molar-refractivity contribution is 5.80. The lowest BCUT2D eigenvalue weighted by atomic mass is 9.99. The summed E-state index contributed by atoms with van der Waals surface area (Å²) in [6.07, 6.45) is 15.8. The van der Waals surface area contributed by atoms with Crippen LogP contribution in [0.25, 0.3) is 0 Å². The smallest absolute Gasteiger partial charge is 0.327 e.